The number of hydrogen-bond acceptors (Lipinski definition) is 5. The number of carbonyl (C=O) groups excluding carboxylic acids is 1. The molecular formula is C29H25FN4O3. The van der Waals surface area contributed by atoms with Gasteiger partial charge in [-0.05, 0) is 60.9 Å². The van der Waals surface area contributed by atoms with Crippen LogP contribution in [0.3, 0.4) is 0 Å². The molecule has 1 aliphatic rings. The van der Waals surface area contributed by atoms with Gasteiger partial charge < -0.3 is 18.6 Å². The van der Waals surface area contributed by atoms with Crippen LogP contribution in [0.25, 0.3) is 11.2 Å². The number of aromatic nitrogens is 3. The van der Waals surface area contributed by atoms with Crippen LogP contribution < -0.4 is 4.74 Å². The van der Waals surface area contributed by atoms with Gasteiger partial charge in [0.1, 0.15) is 22.9 Å². The van der Waals surface area contributed by atoms with Crippen molar-refractivity contribution in [1.29, 1.82) is 0 Å². The number of ether oxygens (including phenoxy) is 1. The number of para-hydroxylation sites is 1. The molecule has 0 saturated carbocycles. The largest absolute Gasteiger partial charge is 0.426 e. The number of piperidine rings is 1. The van der Waals surface area contributed by atoms with Crippen molar-refractivity contribution in [3.63, 3.8) is 0 Å². The molecule has 4 heterocycles. The van der Waals surface area contributed by atoms with E-state index in [1.807, 2.05) is 47.4 Å². The molecule has 5 aromatic rings. The Labute approximate surface area is 213 Å². The van der Waals surface area contributed by atoms with Crippen molar-refractivity contribution in [2.45, 2.75) is 25.3 Å². The van der Waals surface area contributed by atoms with Crippen molar-refractivity contribution < 1.29 is 18.3 Å². The summed E-state index contributed by atoms with van der Waals surface area (Å²) in [5.74, 6) is 1.67. The topological polar surface area (TPSA) is 73.4 Å². The molecule has 3 aromatic heterocycles. The predicted molar refractivity (Wildman–Crippen MR) is 136 cm³/mol. The molecule has 186 valence electrons. The van der Waals surface area contributed by atoms with E-state index in [0.29, 0.717) is 25.3 Å². The van der Waals surface area contributed by atoms with Gasteiger partial charge >= 0.3 is 0 Å². The summed E-state index contributed by atoms with van der Waals surface area (Å²) >= 11 is 0. The molecule has 37 heavy (non-hydrogen) atoms. The van der Waals surface area contributed by atoms with Gasteiger partial charge in [0.2, 0.25) is 0 Å². The predicted octanol–water partition coefficient (Wildman–Crippen LogP) is 6.02. The Morgan fingerprint density at radius 3 is 2.54 bits per heavy atom. The first-order valence-corrected chi connectivity index (χ1v) is 12.3. The number of amides is 1. The van der Waals surface area contributed by atoms with Crippen molar-refractivity contribution in [3.8, 4) is 11.7 Å². The van der Waals surface area contributed by atoms with Crippen LogP contribution in [0.2, 0.25) is 0 Å². The zero-order chi connectivity index (χ0) is 25.2. The Bertz CT molecular complexity index is 1520. The van der Waals surface area contributed by atoms with Crippen LogP contribution in [0, 0.1) is 5.82 Å². The second-order valence-electron chi connectivity index (χ2n) is 9.10. The first kappa shape index (κ1) is 23.0. The number of nitrogens with zero attached hydrogens (tertiary/aromatic N) is 4. The quantitative estimate of drug-likeness (QED) is 0.287. The third kappa shape index (κ3) is 4.82. The van der Waals surface area contributed by atoms with Crippen molar-refractivity contribution >= 4 is 17.1 Å². The van der Waals surface area contributed by atoms with E-state index in [2.05, 4.69) is 9.55 Å². The summed E-state index contributed by atoms with van der Waals surface area (Å²) in [4.78, 5) is 24.4. The van der Waals surface area contributed by atoms with Gasteiger partial charge in [-0.1, -0.05) is 30.3 Å². The van der Waals surface area contributed by atoms with E-state index < -0.39 is 0 Å². The van der Waals surface area contributed by atoms with Crippen molar-refractivity contribution in [2.24, 2.45) is 0 Å². The molecule has 0 atom stereocenters. The van der Waals surface area contributed by atoms with E-state index in [1.54, 1.807) is 30.5 Å². The molecule has 8 heteroatoms. The van der Waals surface area contributed by atoms with Crippen LogP contribution in [-0.2, 0) is 6.42 Å². The summed E-state index contributed by atoms with van der Waals surface area (Å²) in [6.45, 7) is 1.17. The summed E-state index contributed by atoms with van der Waals surface area (Å²) in [6, 6.07) is 23.1. The van der Waals surface area contributed by atoms with Gasteiger partial charge in [-0.3, -0.25) is 4.79 Å². The Morgan fingerprint density at radius 2 is 1.76 bits per heavy atom. The number of carbonyl (C=O) groups is 1. The average molecular weight is 497 g/mol. The molecule has 1 aliphatic heterocycles. The SMILES string of the molecule is O=C(c1ccc(Oc2ccccc2)o1)N1CCC(n2c(Cc3ccc(F)cc3)nc3cccnc32)CC1. The van der Waals surface area contributed by atoms with Gasteiger partial charge in [-0.2, -0.15) is 0 Å². The molecule has 2 aromatic carbocycles. The van der Waals surface area contributed by atoms with Gasteiger partial charge in [0.15, 0.2) is 11.4 Å². The lowest BCUT2D eigenvalue weighted by atomic mass is 10.0. The molecule has 1 saturated heterocycles. The summed E-state index contributed by atoms with van der Waals surface area (Å²) < 4.78 is 27.0. The van der Waals surface area contributed by atoms with Crippen LogP contribution in [-0.4, -0.2) is 38.4 Å². The third-order valence-corrected chi connectivity index (χ3v) is 6.67. The van der Waals surface area contributed by atoms with Crippen LogP contribution in [0.15, 0.2) is 89.5 Å². The lowest BCUT2D eigenvalue weighted by molar-refractivity contribution is 0.0658. The first-order chi connectivity index (χ1) is 18.1. The molecule has 1 amide bonds. The summed E-state index contributed by atoms with van der Waals surface area (Å²) in [5, 5.41) is 0. The van der Waals surface area contributed by atoms with E-state index in [4.69, 9.17) is 14.1 Å². The third-order valence-electron chi connectivity index (χ3n) is 6.67. The normalized spacial score (nSPS) is 14.2. The minimum Gasteiger partial charge on any atom is -0.426 e. The summed E-state index contributed by atoms with van der Waals surface area (Å²) in [6.07, 6.45) is 3.87. The minimum atomic E-state index is -0.258. The molecule has 1 fully saturated rings. The van der Waals surface area contributed by atoms with Crippen molar-refractivity contribution in [1.82, 2.24) is 19.4 Å². The standard InChI is InChI=1S/C29H25FN4O3/c30-21-10-8-20(9-11-21)19-26-32-24-7-4-16-31-28(24)34(26)22-14-17-33(18-15-22)29(35)25-12-13-27(37-25)36-23-5-2-1-3-6-23/h1-13,16,22H,14-15,17-19H2. The highest BCUT2D eigenvalue weighted by Crippen LogP contribution is 2.31. The monoisotopic (exact) mass is 496 g/mol. The highest BCUT2D eigenvalue weighted by Gasteiger charge is 2.29. The zero-order valence-corrected chi connectivity index (χ0v) is 20.1. The number of likely N-dealkylation sites (tertiary alicyclic amines) is 1. The minimum absolute atomic E-state index is 0.146. The molecule has 0 unspecified atom stereocenters. The summed E-state index contributed by atoms with van der Waals surface area (Å²) in [7, 11) is 0. The van der Waals surface area contributed by atoms with Crippen LogP contribution >= 0.6 is 0 Å². The fourth-order valence-electron chi connectivity index (χ4n) is 4.85. The van der Waals surface area contributed by atoms with Crippen LogP contribution in [0.4, 0.5) is 4.39 Å². The van der Waals surface area contributed by atoms with E-state index in [-0.39, 0.29) is 29.5 Å². The fraction of sp³-hybridized carbons (Fsp3) is 0.207. The number of imidazole rings is 1. The van der Waals surface area contributed by atoms with E-state index in [0.717, 1.165) is 35.4 Å². The first-order valence-electron chi connectivity index (χ1n) is 12.3. The lowest BCUT2D eigenvalue weighted by Gasteiger charge is -2.33. The van der Waals surface area contributed by atoms with Gasteiger partial charge in [0.05, 0.1) is 0 Å². The summed E-state index contributed by atoms with van der Waals surface area (Å²) in [5.41, 5.74) is 2.65. The molecule has 0 spiro atoms. The van der Waals surface area contributed by atoms with Crippen LogP contribution in [0.5, 0.6) is 11.7 Å². The van der Waals surface area contributed by atoms with Gasteiger partial charge in [-0.25, -0.2) is 14.4 Å². The van der Waals surface area contributed by atoms with Gasteiger partial charge in [0.25, 0.3) is 11.9 Å². The van der Waals surface area contributed by atoms with Gasteiger partial charge in [-0.15, -0.1) is 0 Å². The average Bonchev–Trinajstić information content (AvgIpc) is 3.55. The second-order valence-corrected chi connectivity index (χ2v) is 9.10. The molecular weight excluding hydrogens is 471 g/mol. The highest BCUT2D eigenvalue weighted by atomic mass is 19.1. The van der Waals surface area contributed by atoms with E-state index in [1.165, 1.54) is 12.1 Å². The number of halogens is 1. The molecule has 6 rings (SSSR count). The maximum atomic E-state index is 13.4. The highest BCUT2D eigenvalue weighted by molar-refractivity contribution is 5.91. The number of benzene rings is 2. The zero-order valence-electron chi connectivity index (χ0n) is 20.1. The Kier molecular flexibility index (Phi) is 6.14. The lowest BCUT2D eigenvalue weighted by Crippen LogP contribution is -2.39. The fourth-order valence-corrected chi connectivity index (χ4v) is 4.85. The second kappa shape index (κ2) is 9.89. The number of fused-ring (bicyclic) bond motifs is 1. The number of pyridine rings is 1. The van der Waals surface area contributed by atoms with Crippen molar-refractivity contribution in [2.75, 3.05) is 13.1 Å². The molecule has 0 N–H and O–H groups in total. The van der Waals surface area contributed by atoms with Gasteiger partial charge in [0, 0.05) is 37.8 Å². The Balaban J connectivity index is 1.17. The van der Waals surface area contributed by atoms with Crippen LogP contribution in [0.1, 0.15) is 40.8 Å². The molecule has 0 aliphatic carbocycles. The number of rotatable bonds is 6. The Morgan fingerprint density at radius 1 is 0.973 bits per heavy atom. The number of furan rings is 1. The van der Waals surface area contributed by atoms with Crippen molar-refractivity contribution in [3.05, 3.63) is 108 Å². The molecule has 7 nitrogen and oxygen atoms in total. The van der Waals surface area contributed by atoms with E-state index in [9.17, 15) is 9.18 Å². The maximum Gasteiger partial charge on any atom is 0.290 e. The maximum absolute atomic E-state index is 13.4. The molecule has 0 radical (unpaired) electrons. The van der Waals surface area contributed by atoms with E-state index >= 15 is 0 Å². The molecule has 0 bridgehead atoms. The number of hydrogen-bond donors (Lipinski definition) is 0. The Hall–Kier alpha value is -4.46. The smallest absolute Gasteiger partial charge is 0.290 e.